The molecule has 3 aliphatic rings. The van der Waals surface area contributed by atoms with Crippen LogP contribution in [-0.4, -0.2) is 38.3 Å². The van der Waals surface area contributed by atoms with Gasteiger partial charge in [-0.2, -0.15) is 0 Å². The Morgan fingerprint density at radius 3 is 2.10 bits per heavy atom. The summed E-state index contributed by atoms with van der Waals surface area (Å²) < 4.78 is 0. The molecule has 1 saturated carbocycles. The van der Waals surface area contributed by atoms with Crippen LogP contribution in [0.2, 0.25) is 0 Å². The zero-order valence-corrected chi connectivity index (χ0v) is 25.2. The van der Waals surface area contributed by atoms with Gasteiger partial charge in [-0.1, -0.05) is 77.4 Å². The number of aliphatic hydroxyl groups excluding tert-OH is 1. The van der Waals surface area contributed by atoms with E-state index in [9.17, 15) is 29.7 Å². The van der Waals surface area contributed by atoms with Crippen LogP contribution < -0.4 is 0 Å². The lowest BCUT2D eigenvalue weighted by atomic mass is 9.42. The summed E-state index contributed by atoms with van der Waals surface area (Å²) in [5.41, 5.74) is -0.488. The lowest BCUT2D eigenvalue weighted by Crippen LogP contribution is -2.70. The molecule has 41 heavy (non-hydrogen) atoms. The molecule has 0 unspecified atom stereocenters. The van der Waals surface area contributed by atoms with Crippen LogP contribution >= 0.6 is 0 Å². The monoisotopic (exact) mass is 556 g/mol. The summed E-state index contributed by atoms with van der Waals surface area (Å²) >= 11 is 0. The number of ketones is 3. The van der Waals surface area contributed by atoms with E-state index in [0.717, 1.165) is 11.1 Å². The van der Waals surface area contributed by atoms with E-state index in [1.54, 1.807) is 13.8 Å². The molecule has 216 valence electrons. The maximum Gasteiger partial charge on any atom is 0.206 e. The molecule has 0 spiro atoms. The number of carbonyl (C=O) groups is 3. The molecule has 0 bridgehead atoms. The van der Waals surface area contributed by atoms with Crippen LogP contribution in [0.1, 0.15) is 84.4 Å². The van der Waals surface area contributed by atoms with Crippen LogP contribution in [0.15, 0.2) is 53.1 Å². The zero-order valence-electron chi connectivity index (χ0n) is 25.2. The van der Waals surface area contributed by atoms with Gasteiger partial charge in [0.15, 0.2) is 11.4 Å². The minimum Gasteiger partial charge on any atom is -0.507 e. The minimum atomic E-state index is -2.53. The molecule has 2 aromatic rings. The number of hydrogen-bond acceptors (Lipinski definition) is 6. The molecule has 0 heterocycles. The van der Waals surface area contributed by atoms with Gasteiger partial charge in [0.2, 0.25) is 11.6 Å². The molecule has 1 fully saturated rings. The maximum absolute atomic E-state index is 14.5. The number of aromatic hydroxyl groups is 1. The Hall–Kier alpha value is -3.51. The van der Waals surface area contributed by atoms with Crippen molar-refractivity contribution in [2.75, 3.05) is 0 Å². The molecular weight excluding hydrogens is 516 g/mol. The maximum atomic E-state index is 14.5. The number of hydrogen-bond donors (Lipinski definition) is 3. The molecule has 2 aromatic carbocycles. The second kappa shape index (κ2) is 9.25. The lowest BCUT2D eigenvalue weighted by Gasteiger charge is -2.60. The average Bonchev–Trinajstić information content (AvgIpc) is 2.86. The molecule has 4 atom stereocenters. The first-order valence-electron chi connectivity index (χ1n) is 14.4. The van der Waals surface area contributed by atoms with E-state index in [2.05, 4.69) is 26.0 Å². The fourth-order valence-corrected chi connectivity index (χ4v) is 8.57. The summed E-state index contributed by atoms with van der Waals surface area (Å²) in [7, 11) is 0. The van der Waals surface area contributed by atoms with Crippen molar-refractivity contribution in [1.82, 2.24) is 0 Å². The number of carbonyl (C=O) groups excluding carboxylic acids is 3. The van der Waals surface area contributed by atoms with Gasteiger partial charge in [0.05, 0.1) is 11.1 Å². The number of Topliss-reactive ketones (excluding diaryl/α,β-unsaturated/α-hetero) is 3. The third kappa shape index (κ3) is 3.76. The van der Waals surface area contributed by atoms with E-state index >= 15 is 0 Å². The van der Waals surface area contributed by atoms with Crippen molar-refractivity contribution in [2.45, 2.75) is 79.8 Å². The first kappa shape index (κ1) is 29.0. The normalized spacial score (nSPS) is 29.6. The second-order valence-corrected chi connectivity index (χ2v) is 13.5. The Morgan fingerprint density at radius 2 is 1.56 bits per heavy atom. The summed E-state index contributed by atoms with van der Waals surface area (Å²) in [6.07, 6.45) is 0.537. The van der Waals surface area contributed by atoms with E-state index in [1.165, 1.54) is 18.6 Å². The Balaban J connectivity index is 1.77. The molecule has 0 aliphatic heterocycles. The van der Waals surface area contributed by atoms with Gasteiger partial charge < -0.3 is 15.3 Å². The van der Waals surface area contributed by atoms with E-state index in [4.69, 9.17) is 0 Å². The summed E-state index contributed by atoms with van der Waals surface area (Å²) in [6, 6.07) is 11.5. The summed E-state index contributed by atoms with van der Waals surface area (Å²) in [5.74, 6) is -3.02. The molecule has 3 aliphatic carbocycles. The number of aliphatic hydroxyl groups is 2. The van der Waals surface area contributed by atoms with Crippen LogP contribution in [0, 0.1) is 22.7 Å². The number of allylic oxidation sites excluding steroid dienone is 1. The second-order valence-electron chi connectivity index (χ2n) is 13.5. The fourth-order valence-electron chi connectivity index (χ4n) is 8.57. The first-order valence-corrected chi connectivity index (χ1v) is 14.4. The van der Waals surface area contributed by atoms with Crippen LogP contribution in [-0.2, 0) is 20.8 Å². The summed E-state index contributed by atoms with van der Waals surface area (Å²) in [4.78, 5) is 41.1. The number of benzene rings is 2. The van der Waals surface area contributed by atoms with Crippen LogP contribution in [0.5, 0.6) is 5.75 Å². The lowest BCUT2D eigenvalue weighted by molar-refractivity contribution is -0.180. The quantitative estimate of drug-likeness (QED) is 0.293. The van der Waals surface area contributed by atoms with Crippen molar-refractivity contribution < 1.29 is 29.7 Å². The summed E-state index contributed by atoms with van der Waals surface area (Å²) in [5, 5.41) is 34.9. The highest BCUT2D eigenvalue weighted by molar-refractivity contribution is 6.33. The van der Waals surface area contributed by atoms with Gasteiger partial charge >= 0.3 is 0 Å². The van der Waals surface area contributed by atoms with Crippen molar-refractivity contribution in [3.63, 3.8) is 0 Å². The first-order chi connectivity index (χ1) is 19.0. The van der Waals surface area contributed by atoms with Gasteiger partial charge in [-0.15, -0.1) is 0 Å². The predicted molar refractivity (Wildman–Crippen MR) is 158 cm³/mol. The van der Waals surface area contributed by atoms with Gasteiger partial charge in [-0.3, -0.25) is 14.4 Å². The smallest absolute Gasteiger partial charge is 0.206 e. The van der Waals surface area contributed by atoms with Crippen LogP contribution in [0.25, 0.3) is 16.9 Å². The molecule has 6 heteroatoms. The highest BCUT2D eigenvalue weighted by Crippen LogP contribution is 2.65. The molecule has 0 saturated heterocycles. The Labute approximate surface area is 241 Å². The standard InChI is InChI=1S/C35H40O6/c1-17(2)21-9-11-22(12-10-21)23-13-14-25(37)27-24(23)15-33(7)16-34(8)28(18(3)4)19(5)26(20(6)36)31(39)35(34,41)32(40)29(33)30(27)38/h9-14,17-18,28,37-38,41H,15-16H2,1-8H3/t28-,33+,34+,35-/m1/s1. The molecular formula is C35H40O6. The topological polar surface area (TPSA) is 112 Å². The van der Waals surface area contributed by atoms with E-state index < -0.39 is 45.5 Å². The number of fused-ring (bicyclic) bond motifs is 3. The van der Waals surface area contributed by atoms with E-state index in [1.807, 2.05) is 39.0 Å². The van der Waals surface area contributed by atoms with Crippen molar-refractivity contribution >= 4 is 23.1 Å². The van der Waals surface area contributed by atoms with Gasteiger partial charge in [0.1, 0.15) is 11.5 Å². The fraction of sp³-hybridized carbons (Fsp3) is 0.457. The Morgan fingerprint density at radius 1 is 0.951 bits per heavy atom. The Bertz CT molecular complexity index is 1570. The SMILES string of the molecule is CC(=O)C1=C(C)[C@@H](C(C)C)[C@]2(C)C[C@]3(C)Cc4c(-c5ccc(C(C)C)cc5)ccc(O)c4C(O)=C3C(=O)[C@]2(O)C1=O. The summed E-state index contributed by atoms with van der Waals surface area (Å²) in [6.45, 7) is 14.9. The van der Waals surface area contributed by atoms with Crippen molar-refractivity contribution in [1.29, 1.82) is 0 Å². The third-order valence-corrected chi connectivity index (χ3v) is 10.1. The highest BCUT2D eigenvalue weighted by Gasteiger charge is 2.72. The molecule has 0 aromatic heterocycles. The third-order valence-electron chi connectivity index (χ3n) is 10.1. The molecule has 6 nitrogen and oxygen atoms in total. The van der Waals surface area contributed by atoms with Crippen LogP contribution in [0.3, 0.4) is 0 Å². The predicted octanol–water partition coefficient (Wildman–Crippen LogP) is 6.48. The molecule has 5 rings (SSSR count). The van der Waals surface area contributed by atoms with Crippen molar-refractivity contribution in [3.8, 4) is 16.9 Å². The van der Waals surface area contributed by atoms with Crippen LogP contribution in [0.4, 0.5) is 0 Å². The van der Waals surface area contributed by atoms with E-state index in [-0.39, 0.29) is 34.8 Å². The number of rotatable bonds is 4. The largest absolute Gasteiger partial charge is 0.507 e. The minimum absolute atomic E-state index is 0.0640. The molecule has 0 amide bonds. The average molecular weight is 557 g/mol. The zero-order chi connectivity index (χ0) is 30.4. The Kier molecular flexibility index (Phi) is 6.54. The molecule has 3 N–H and O–H groups in total. The van der Waals surface area contributed by atoms with Gasteiger partial charge in [0.25, 0.3) is 0 Å². The number of phenolic OH excluding ortho intramolecular Hbond substituents is 1. The molecule has 0 radical (unpaired) electrons. The van der Waals surface area contributed by atoms with Crippen molar-refractivity contribution in [2.24, 2.45) is 22.7 Å². The van der Waals surface area contributed by atoms with Crippen molar-refractivity contribution in [3.05, 3.63) is 69.8 Å². The van der Waals surface area contributed by atoms with Gasteiger partial charge in [-0.05, 0) is 72.8 Å². The van der Waals surface area contributed by atoms with Gasteiger partial charge in [0, 0.05) is 16.4 Å². The van der Waals surface area contributed by atoms with E-state index in [0.29, 0.717) is 23.5 Å². The highest BCUT2D eigenvalue weighted by atomic mass is 16.3. The van der Waals surface area contributed by atoms with Gasteiger partial charge in [-0.25, -0.2) is 0 Å². The number of phenols is 1.